The van der Waals surface area contributed by atoms with Gasteiger partial charge >= 0.3 is 0 Å². The summed E-state index contributed by atoms with van der Waals surface area (Å²) in [5.74, 6) is 2.16. The largest absolute Gasteiger partial charge is 0.495 e. The number of methoxy groups -OCH3 is 2. The van der Waals surface area contributed by atoms with E-state index >= 15 is 0 Å². The molecule has 4 heteroatoms. The molecule has 0 saturated heterocycles. The highest BCUT2D eigenvalue weighted by Gasteiger charge is 2.43. The zero-order chi connectivity index (χ0) is 15.8. The van der Waals surface area contributed by atoms with E-state index in [1.54, 1.807) is 14.2 Å². The second kappa shape index (κ2) is 5.81. The SMILES string of the molecule is COc1ccc(C2(N)CC(C)CC(C)(C)C2)c(OC)c1Br. The highest BCUT2D eigenvalue weighted by molar-refractivity contribution is 9.10. The molecule has 3 nitrogen and oxygen atoms in total. The van der Waals surface area contributed by atoms with Gasteiger partial charge in [0.1, 0.15) is 16.0 Å². The summed E-state index contributed by atoms with van der Waals surface area (Å²) in [7, 11) is 3.34. The summed E-state index contributed by atoms with van der Waals surface area (Å²) >= 11 is 3.58. The molecule has 118 valence electrons. The van der Waals surface area contributed by atoms with Gasteiger partial charge in [-0.15, -0.1) is 0 Å². The van der Waals surface area contributed by atoms with Crippen molar-refractivity contribution in [1.82, 2.24) is 0 Å². The maximum atomic E-state index is 6.84. The van der Waals surface area contributed by atoms with Crippen LogP contribution in [0.4, 0.5) is 0 Å². The lowest BCUT2D eigenvalue weighted by molar-refractivity contribution is 0.105. The van der Waals surface area contributed by atoms with Gasteiger partial charge in [-0.2, -0.15) is 0 Å². The molecule has 0 spiro atoms. The van der Waals surface area contributed by atoms with Gasteiger partial charge in [-0.3, -0.25) is 0 Å². The van der Waals surface area contributed by atoms with Crippen molar-refractivity contribution in [3.05, 3.63) is 22.2 Å². The molecule has 2 atom stereocenters. The molecule has 0 amide bonds. The van der Waals surface area contributed by atoms with Crippen LogP contribution in [0.3, 0.4) is 0 Å². The van der Waals surface area contributed by atoms with Crippen molar-refractivity contribution in [3.8, 4) is 11.5 Å². The van der Waals surface area contributed by atoms with Gasteiger partial charge in [0.05, 0.1) is 14.2 Å². The Morgan fingerprint density at radius 2 is 1.86 bits per heavy atom. The maximum absolute atomic E-state index is 6.84. The van der Waals surface area contributed by atoms with E-state index in [4.69, 9.17) is 15.2 Å². The molecule has 0 heterocycles. The number of hydrogen-bond acceptors (Lipinski definition) is 3. The molecular weight excluding hydrogens is 330 g/mol. The summed E-state index contributed by atoms with van der Waals surface area (Å²) in [5.41, 5.74) is 7.79. The van der Waals surface area contributed by atoms with Gasteiger partial charge < -0.3 is 15.2 Å². The summed E-state index contributed by atoms with van der Waals surface area (Å²) in [6.45, 7) is 6.89. The molecule has 0 aliphatic heterocycles. The van der Waals surface area contributed by atoms with Crippen LogP contribution in [0.5, 0.6) is 11.5 Å². The summed E-state index contributed by atoms with van der Waals surface area (Å²) in [6, 6.07) is 4.01. The van der Waals surface area contributed by atoms with Crippen molar-refractivity contribution >= 4 is 15.9 Å². The van der Waals surface area contributed by atoms with Crippen LogP contribution in [0.25, 0.3) is 0 Å². The first-order valence-electron chi connectivity index (χ1n) is 7.42. The molecule has 2 unspecified atom stereocenters. The minimum absolute atomic E-state index is 0.240. The third-order valence-corrected chi connectivity index (χ3v) is 5.18. The Balaban J connectivity index is 2.52. The van der Waals surface area contributed by atoms with Crippen LogP contribution in [0, 0.1) is 11.3 Å². The molecule has 1 saturated carbocycles. The van der Waals surface area contributed by atoms with Gasteiger partial charge in [0, 0.05) is 11.1 Å². The average Bonchev–Trinajstić information content (AvgIpc) is 2.35. The fourth-order valence-electron chi connectivity index (χ4n) is 4.13. The van der Waals surface area contributed by atoms with Crippen molar-refractivity contribution in [1.29, 1.82) is 0 Å². The Bertz CT molecular complexity index is 530. The monoisotopic (exact) mass is 355 g/mol. The normalized spacial score (nSPS) is 28.2. The summed E-state index contributed by atoms with van der Waals surface area (Å²) < 4.78 is 11.8. The Morgan fingerprint density at radius 1 is 1.19 bits per heavy atom. The first kappa shape index (κ1) is 16.6. The number of hydrogen-bond donors (Lipinski definition) is 1. The van der Waals surface area contributed by atoms with Crippen molar-refractivity contribution < 1.29 is 9.47 Å². The van der Waals surface area contributed by atoms with Crippen LogP contribution in [0.15, 0.2) is 16.6 Å². The maximum Gasteiger partial charge on any atom is 0.141 e. The van der Waals surface area contributed by atoms with E-state index in [0.29, 0.717) is 5.92 Å². The van der Waals surface area contributed by atoms with Crippen LogP contribution in [0.2, 0.25) is 0 Å². The average molecular weight is 356 g/mol. The second-order valence-electron chi connectivity index (χ2n) is 7.17. The van der Waals surface area contributed by atoms with Crippen LogP contribution >= 0.6 is 15.9 Å². The fraction of sp³-hybridized carbons (Fsp3) is 0.647. The Kier molecular flexibility index (Phi) is 4.60. The van der Waals surface area contributed by atoms with Gasteiger partial charge in [0.25, 0.3) is 0 Å². The van der Waals surface area contributed by atoms with E-state index in [-0.39, 0.29) is 11.0 Å². The van der Waals surface area contributed by atoms with Crippen LogP contribution in [0.1, 0.15) is 45.6 Å². The smallest absolute Gasteiger partial charge is 0.141 e. The zero-order valence-corrected chi connectivity index (χ0v) is 15.2. The molecule has 0 radical (unpaired) electrons. The Morgan fingerprint density at radius 3 is 2.38 bits per heavy atom. The first-order valence-corrected chi connectivity index (χ1v) is 8.21. The van der Waals surface area contributed by atoms with Gasteiger partial charge in [-0.25, -0.2) is 0 Å². The molecule has 0 bridgehead atoms. The zero-order valence-electron chi connectivity index (χ0n) is 13.6. The van der Waals surface area contributed by atoms with Gasteiger partial charge in [-0.05, 0) is 58.7 Å². The van der Waals surface area contributed by atoms with Crippen molar-refractivity contribution in [3.63, 3.8) is 0 Å². The number of benzene rings is 1. The van der Waals surface area contributed by atoms with Gasteiger partial charge in [-0.1, -0.05) is 20.8 Å². The van der Waals surface area contributed by atoms with E-state index in [0.717, 1.165) is 34.4 Å². The molecule has 2 N–H and O–H groups in total. The van der Waals surface area contributed by atoms with Crippen molar-refractivity contribution in [2.24, 2.45) is 17.1 Å². The molecule has 0 aromatic heterocycles. The summed E-state index contributed by atoms with van der Waals surface area (Å²) in [6.07, 6.45) is 3.15. The Labute approximate surface area is 136 Å². The first-order chi connectivity index (χ1) is 9.72. The lowest BCUT2D eigenvalue weighted by Gasteiger charge is -2.46. The van der Waals surface area contributed by atoms with Crippen molar-refractivity contribution in [2.45, 2.75) is 45.6 Å². The number of rotatable bonds is 3. The minimum Gasteiger partial charge on any atom is -0.495 e. The molecular formula is C17H26BrNO2. The topological polar surface area (TPSA) is 44.5 Å². The molecule has 1 aromatic rings. The number of nitrogens with two attached hydrogens (primary N) is 1. The summed E-state index contributed by atoms with van der Waals surface area (Å²) in [5, 5.41) is 0. The van der Waals surface area contributed by atoms with Gasteiger partial charge in [0.15, 0.2) is 0 Å². The number of ether oxygens (including phenoxy) is 2. The van der Waals surface area contributed by atoms with Crippen LogP contribution < -0.4 is 15.2 Å². The predicted octanol–water partition coefficient (Wildman–Crippen LogP) is 4.47. The van der Waals surface area contributed by atoms with E-state index in [9.17, 15) is 0 Å². The lowest BCUT2D eigenvalue weighted by Crippen LogP contribution is -2.46. The van der Waals surface area contributed by atoms with Crippen molar-refractivity contribution in [2.75, 3.05) is 14.2 Å². The highest BCUT2D eigenvalue weighted by atomic mass is 79.9. The summed E-state index contributed by atoms with van der Waals surface area (Å²) in [4.78, 5) is 0. The number of halogens is 1. The lowest BCUT2D eigenvalue weighted by atomic mass is 9.62. The standard InChI is InChI=1S/C17H26BrNO2/c1-11-8-16(2,3)10-17(19,9-11)12-6-7-13(20-4)14(18)15(12)21-5/h6-7,11H,8-10,19H2,1-5H3. The molecule has 1 fully saturated rings. The van der Waals surface area contributed by atoms with E-state index in [1.165, 1.54) is 6.42 Å². The van der Waals surface area contributed by atoms with Gasteiger partial charge in [0.2, 0.25) is 0 Å². The molecule has 2 rings (SSSR count). The predicted molar refractivity (Wildman–Crippen MR) is 89.9 cm³/mol. The molecule has 1 aromatic carbocycles. The van der Waals surface area contributed by atoms with E-state index in [2.05, 4.69) is 42.8 Å². The third kappa shape index (κ3) is 3.21. The Hall–Kier alpha value is -0.740. The minimum atomic E-state index is -0.360. The van der Waals surface area contributed by atoms with E-state index in [1.807, 2.05) is 6.07 Å². The fourth-order valence-corrected chi connectivity index (χ4v) is 4.80. The van der Waals surface area contributed by atoms with Crippen LogP contribution in [-0.4, -0.2) is 14.2 Å². The molecule has 1 aliphatic carbocycles. The third-order valence-electron chi connectivity index (χ3n) is 4.43. The highest BCUT2D eigenvalue weighted by Crippen LogP contribution is 2.51. The molecule has 1 aliphatic rings. The van der Waals surface area contributed by atoms with Crippen LogP contribution in [-0.2, 0) is 5.54 Å². The second-order valence-corrected chi connectivity index (χ2v) is 7.97. The molecule has 21 heavy (non-hydrogen) atoms. The van der Waals surface area contributed by atoms with E-state index < -0.39 is 0 Å². The quantitative estimate of drug-likeness (QED) is 0.869.